The number of halogens is 1. The van der Waals surface area contributed by atoms with Crippen LogP contribution in [0.4, 0.5) is 0 Å². The molecule has 1 aliphatic rings. The maximum Gasteiger partial charge on any atom is 0.340 e. The van der Waals surface area contributed by atoms with Crippen molar-refractivity contribution in [2.75, 3.05) is 20.4 Å². The van der Waals surface area contributed by atoms with Gasteiger partial charge in [0, 0.05) is 24.5 Å². The van der Waals surface area contributed by atoms with E-state index < -0.39 is 17.1 Å². The number of rotatable bonds is 5. The van der Waals surface area contributed by atoms with Gasteiger partial charge in [-0.05, 0) is 59.3 Å². The van der Waals surface area contributed by atoms with E-state index in [4.69, 9.17) is 9.47 Å². The Morgan fingerprint density at radius 3 is 2.73 bits per heavy atom. The minimum atomic E-state index is -1.30. The fourth-order valence-electron chi connectivity index (χ4n) is 3.84. The zero-order chi connectivity index (χ0) is 21.4. The minimum Gasteiger partial charge on any atom is -0.611 e. The van der Waals surface area contributed by atoms with Crippen LogP contribution in [0.1, 0.15) is 28.5 Å². The van der Waals surface area contributed by atoms with Gasteiger partial charge >= 0.3 is 5.97 Å². The SMILES string of the molecule is CCOC(=O)c1c(C[S+]([O-])c2ccccc2)n(C)c2cc(Br)c3c(c12)CN(C)CO3. The van der Waals surface area contributed by atoms with Crippen molar-refractivity contribution in [2.24, 2.45) is 7.05 Å². The second-order valence-corrected chi connectivity index (χ2v) is 9.56. The number of carbonyl (C=O) groups excluding carboxylic acids is 1. The third kappa shape index (κ3) is 3.73. The van der Waals surface area contributed by atoms with E-state index in [1.807, 2.05) is 60.0 Å². The Balaban J connectivity index is 1.93. The first-order valence-corrected chi connectivity index (χ1v) is 11.8. The van der Waals surface area contributed by atoms with E-state index in [-0.39, 0.29) is 12.4 Å². The first-order chi connectivity index (χ1) is 14.4. The summed E-state index contributed by atoms with van der Waals surface area (Å²) in [6, 6.07) is 11.2. The monoisotopic (exact) mass is 490 g/mol. The van der Waals surface area contributed by atoms with Crippen LogP contribution in [0.3, 0.4) is 0 Å². The molecular weight excluding hydrogens is 468 g/mol. The van der Waals surface area contributed by atoms with Gasteiger partial charge < -0.3 is 18.6 Å². The molecule has 158 valence electrons. The summed E-state index contributed by atoms with van der Waals surface area (Å²) in [6.07, 6.45) is 0. The van der Waals surface area contributed by atoms with Crippen molar-refractivity contribution in [1.82, 2.24) is 9.47 Å². The Bertz CT molecular complexity index is 1100. The molecule has 1 atom stereocenters. The number of hydrogen-bond acceptors (Lipinski definition) is 5. The number of esters is 1. The Hall–Kier alpha value is -2.00. The lowest BCUT2D eigenvalue weighted by molar-refractivity contribution is 0.0527. The first-order valence-electron chi connectivity index (χ1n) is 9.66. The molecule has 0 amide bonds. The number of carbonyl (C=O) groups is 1. The molecule has 2 aromatic carbocycles. The van der Waals surface area contributed by atoms with Crippen molar-refractivity contribution in [2.45, 2.75) is 24.1 Å². The van der Waals surface area contributed by atoms with Gasteiger partial charge in [-0.2, -0.15) is 0 Å². The lowest BCUT2D eigenvalue weighted by Gasteiger charge is -2.27. The minimum absolute atomic E-state index is 0.215. The molecule has 8 heteroatoms. The van der Waals surface area contributed by atoms with Crippen molar-refractivity contribution in [3.63, 3.8) is 0 Å². The van der Waals surface area contributed by atoms with Gasteiger partial charge in [0.05, 0.1) is 27.9 Å². The van der Waals surface area contributed by atoms with Crippen LogP contribution < -0.4 is 4.74 Å². The predicted molar refractivity (Wildman–Crippen MR) is 120 cm³/mol. The number of aromatic nitrogens is 1. The van der Waals surface area contributed by atoms with Crippen LogP contribution in [0.15, 0.2) is 45.8 Å². The Morgan fingerprint density at radius 2 is 2.03 bits per heavy atom. The van der Waals surface area contributed by atoms with E-state index in [0.29, 0.717) is 24.5 Å². The van der Waals surface area contributed by atoms with Crippen LogP contribution >= 0.6 is 15.9 Å². The summed E-state index contributed by atoms with van der Waals surface area (Å²) in [5.41, 5.74) is 2.98. The maximum atomic E-state index is 13.1. The van der Waals surface area contributed by atoms with E-state index in [1.54, 1.807) is 6.92 Å². The Labute approximate surface area is 187 Å². The lowest BCUT2D eigenvalue weighted by atomic mass is 10.0. The van der Waals surface area contributed by atoms with E-state index in [9.17, 15) is 9.35 Å². The molecule has 0 fully saturated rings. The van der Waals surface area contributed by atoms with Crippen LogP contribution in [0.25, 0.3) is 10.9 Å². The summed E-state index contributed by atoms with van der Waals surface area (Å²) in [7, 11) is 3.86. The molecule has 4 rings (SSSR count). The number of ether oxygens (including phenoxy) is 2. The molecule has 6 nitrogen and oxygen atoms in total. The summed E-state index contributed by atoms with van der Waals surface area (Å²) >= 11 is 2.32. The van der Waals surface area contributed by atoms with E-state index >= 15 is 0 Å². The highest BCUT2D eigenvalue weighted by atomic mass is 79.9. The van der Waals surface area contributed by atoms with Crippen molar-refractivity contribution < 1.29 is 18.8 Å². The third-order valence-corrected chi connectivity index (χ3v) is 7.15. The topological polar surface area (TPSA) is 66.8 Å². The van der Waals surface area contributed by atoms with Crippen LogP contribution in [-0.4, -0.2) is 40.4 Å². The largest absolute Gasteiger partial charge is 0.611 e. The molecule has 3 aromatic rings. The standard InChI is InChI=1S/C22H23BrN2O4S/c1-4-28-22(26)20-18(12-30(27)14-8-6-5-7-9-14)25(3)17-10-16(23)21-15(19(17)20)11-24(2)13-29-21/h5-10H,4,11-13H2,1-3H3. The van der Waals surface area contributed by atoms with E-state index in [2.05, 4.69) is 15.9 Å². The smallest absolute Gasteiger partial charge is 0.340 e. The summed E-state index contributed by atoms with van der Waals surface area (Å²) in [5.74, 6) is 0.556. The molecule has 2 heterocycles. The van der Waals surface area contributed by atoms with E-state index in [0.717, 1.165) is 31.6 Å². The summed E-state index contributed by atoms with van der Waals surface area (Å²) in [5, 5.41) is 0.806. The Kier molecular flexibility index (Phi) is 6.11. The summed E-state index contributed by atoms with van der Waals surface area (Å²) in [4.78, 5) is 15.8. The molecule has 0 spiro atoms. The maximum absolute atomic E-state index is 13.1. The molecule has 0 bridgehead atoms. The molecule has 0 aliphatic carbocycles. The van der Waals surface area contributed by atoms with Crippen molar-refractivity contribution in [3.05, 3.63) is 57.7 Å². The quantitative estimate of drug-likeness (QED) is 0.395. The average molecular weight is 491 g/mol. The molecule has 0 radical (unpaired) electrons. The van der Waals surface area contributed by atoms with Crippen LogP contribution in [-0.2, 0) is 35.3 Å². The summed E-state index contributed by atoms with van der Waals surface area (Å²) < 4.78 is 27.2. The molecule has 0 saturated heterocycles. The zero-order valence-electron chi connectivity index (χ0n) is 17.1. The number of nitrogens with zero attached hydrogens (tertiary/aromatic N) is 2. The van der Waals surface area contributed by atoms with Crippen molar-refractivity contribution in [1.29, 1.82) is 0 Å². The van der Waals surface area contributed by atoms with Crippen LogP contribution in [0, 0.1) is 0 Å². The highest BCUT2D eigenvalue weighted by molar-refractivity contribution is 9.10. The molecule has 0 saturated carbocycles. The highest BCUT2D eigenvalue weighted by Gasteiger charge is 2.31. The van der Waals surface area contributed by atoms with Gasteiger partial charge in [0.25, 0.3) is 0 Å². The van der Waals surface area contributed by atoms with Gasteiger partial charge in [-0.15, -0.1) is 0 Å². The van der Waals surface area contributed by atoms with Crippen LogP contribution in [0.2, 0.25) is 0 Å². The number of hydrogen-bond donors (Lipinski definition) is 0. The molecule has 0 N–H and O–H groups in total. The normalized spacial score (nSPS) is 15.0. The van der Waals surface area contributed by atoms with Crippen LogP contribution in [0.5, 0.6) is 5.75 Å². The van der Waals surface area contributed by atoms with Gasteiger partial charge in [-0.1, -0.05) is 18.2 Å². The second kappa shape index (κ2) is 8.63. The summed E-state index contributed by atoms with van der Waals surface area (Å²) in [6.45, 7) is 3.17. The van der Waals surface area contributed by atoms with Gasteiger partial charge in [0.1, 0.15) is 12.5 Å². The molecule has 1 aromatic heterocycles. The lowest BCUT2D eigenvalue weighted by Crippen LogP contribution is -2.28. The van der Waals surface area contributed by atoms with Gasteiger partial charge in [0.2, 0.25) is 0 Å². The second-order valence-electron chi connectivity index (χ2n) is 7.25. The molecule has 1 aliphatic heterocycles. The highest BCUT2D eigenvalue weighted by Crippen LogP contribution is 2.42. The number of aryl methyl sites for hydroxylation is 1. The predicted octanol–water partition coefficient (Wildman–Crippen LogP) is 4.21. The molecular formula is C22H23BrN2O4S. The third-order valence-electron chi connectivity index (χ3n) is 5.23. The zero-order valence-corrected chi connectivity index (χ0v) is 19.5. The van der Waals surface area contributed by atoms with Crippen molar-refractivity contribution >= 4 is 44.0 Å². The fraction of sp³-hybridized carbons (Fsp3) is 0.318. The molecule has 30 heavy (non-hydrogen) atoms. The number of benzene rings is 2. The van der Waals surface area contributed by atoms with Gasteiger partial charge in [-0.25, -0.2) is 4.79 Å². The Morgan fingerprint density at radius 1 is 1.30 bits per heavy atom. The van der Waals surface area contributed by atoms with E-state index in [1.165, 1.54) is 0 Å². The first kappa shape index (κ1) is 21.2. The average Bonchev–Trinajstić information content (AvgIpc) is 3.01. The van der Waals surface area contributed by atoms with Crippen molar-refractivity contribution in [3.8, 4) is 5.75 Å². The fourth-order valence-corrected chi connectivity index (χ4v) is 5.62. The van der Waals surface area contributed by atoms with Gasteiger partial charge in [-0.3, -0.25) is 4.90 Å². The molecule has 1 unspecified atom stereocenters. The number of fused-ring (bicyclic) bond motifs is 3. The van der Waals surface area contributed by atoms with Gasteiger partial charge in [0.15, 0.2) is 10.6 Å².